The highest BCUT2D eigenvalue weighted by atomic mass is 16.7. The van der Waals surface area contributed by atoms with E-state index in [1.54, 1.807) is 0 Å². The van der Waals surface area contributed by atoms with Gasteiger partial charge < -0.3 is 10.2 Å². The molecule has 4 heteroatoms. The first-order valence-corrected chi connectivity index (χ1v) is 3.41. The van der Waals surface area contributed by atoms with Gasteiger partial charge in [0, 0.05) is 0 Å². The van der Waals surface area contributed by atoms with E-state index in [-0.39, 0.29) is 12.2 Å². The molecular weight excluding hydrogens is 130 g/mol. The molecule has 4 nitrogen and oxygen atoms in total. The molecule has 0 saturated carbocycles. The van der Waals surface area contributed by atoms with E-state index in [0.29, 0.717) is 0 Å². The lowest BCUT2D eigenvalue weighted by atomic mass is 10.3. The average Bonchev–Trinajstić information content (AvgIpc) is 2.34. The van der Waals surface area contributed by atoms with Crippen molar-refractivity contribution < 1.29 is 4.84 Å². The topological polar surface area (TPSA) is 45.7 Å². The van der Waals surface area contributed by atoms with Crippen LogP contribution in [0, 0.1) is 0 Å². The molecule has 2 atom stereocenters. The van der Waals surface area contributed by atoms with Crippen LogP contribution in [-0.2, 0) is 4.84 Å². The lowest BCUT2D eigenvalue weighted by Crippen LogP contribution is -2.32. The van der Waals surface area contributed by atoms with E-state index in [1.807, 2.05) is 20.9 Å². The maximum absolute atomic E-state index is 5.06. The molecule has 1 heterocycles. The molecule has 0 bridgehead atoms. The van der Waals surface area contributed by atoms with Crippen LogP contribution in [0.3, 0.4) is 0 Å². The second kappa shape index (κ2) is 2.98. The normalized spacial score (nSPS) is 27.5. The molecule has 0 fully saturated rings. The number of hydrogen-bond donors (Lipinski definition) is 2. The largest absolute Gasteiger partial charge is 0.390 e. The third kappa shape index (κ3) is 1.46. The smallest absolute Gasteiger partial charge is 0.227 e. The highest BCUT2D eigenvalue weighted by Crippen LogP contribution is 2.00. The summed E-state index contributed by atoms with van der Waals surface area (Å²) in [5.74, 6) is 0.731. The summed E-state index contributed by atoms with van der Waals surface area (Å²) in [5.41, 5.74) is 2.74. The van der Waals surface area contributed by atoms with Crippen molar-refractivity contribution in [2.24, 2.45) is 4.99 Å². The van der Waals surface area contributed by atoms with Crippen LogP contribution in [0.2, 0.25) is 0 Å². The fourth-order valence-corrected chi connectivity index (χ4v) is 0.713. The molecular formula is C6H13N3O. The van der Waals surface area contributed by atoms with E-state index in [4.69, 9.17) is 4.84 Å². The molecule has 0 aromatic rings. The predicted octanol–water partition coefficient (Wildman–Crippen LogP) is -0.126. The van der Waals surface area contributed by atoms with Crippen LogP contribution in [0.25, 0.3) is 0 Å². The number of nitrogens with zero attached hydrogens (tertiary/aromatic N) is 1. The molecule has 0 radical (unpaired) electrons. The minimum absolute atomic E-state index is 0.0887. The van der Waals surface area contributed by atoms with Gasteiger partial charge >= 0.3 is 0 Å². The molecule has 1 aliphatic heterocycles. The summed E-state index contributed by atoms with van der Waals surface area (Å²) in [5, 5.41) is 3.03. The Morgan fingerprint density at radius 3 is 2.90 bits per heavy atom. The van der Waals surface area contributed by atoms with Crippen molar-refractivity contribution >= 4 is 5.90 Å². The summed E-state index contributed by atoms with van der Waals surface area (Å²) in [6.45, 7) is 3.94. The molecule has 0 aromatic carbocycles. The third-order valence-corrected chi connectivity index (χ3v) is 1.46. The summed E-state index contributed by atoms with van der Waals surface area (Å²) < 4.78 is 0. The molecule has 10 heavy (non-hydrogen) atoms. The van der Waals surface area contributed by atoms with Crippen LogP contribution in [0.15, 0.2) is 4.99 Å². The van der Waals surface area contributed by atoms with Crippen molar-refractivity contribution in [2.75, 3.05) is 7.05 Å². The van der Waals surface area contributed by atoms with E-state index >= 15 is 0 Å². The Balaban J connectivity index is 2.48. The molecule has 2 N–H and O–H groups in total. The zero-order valence-electron chi connectivity index (χ0n) is 6.51. The minimum Gasteiger partial charge on any atom is -0.390 e. The Morgan fingerprint density at radius 2 is 2.50 bits per heavy atom. The number of nitrogens with one attached hydrogen (secondary N) is 2. The van der Waals surface area contributed by atoms with Crippen LogP contribution in [-0.4, -0.2) is 25.2 Å². The van der Waals surface area contributed by atoms with Crippen LogP contribution < -0.4 is 10.8 Å². The quantitative estimate of drug-likeness (QED) is 0.566. The summed E-state index contributed by atoms with van der Waals surface area (Å²) in [6, 6.07) is 0.192. The average molecular weight is 143 g/mol. The van der Waals surface area contributed by atoms with Gasteiger partial charge in [-0.05, 0) is 20.9 Å². The molecule has 1 aliphatic rings. The first-order valence-electron chi connectivity index (χ1n) is 3.41. The maximum Gasteiger partial charge on any atom is 0.227 e. The first-order chi connectivity index (χ1) is 4.74. The number of aliphatic imine (C=N–C) groups is 1. The molecule has 0 aliphatic carbocycles. The van der Waals surface area contributed by atoms with Gasteiger partial charge in [0.15, 0.2) is 0 Å². The number of rotatable bonds is 2. The SMILES string of the molecule is CN[C@H](C)C1=NC(C)NO1. The first kappa shape index (κ1) is 7.50. The minimum atomic E-state index is 0.0887. The van der Waals surface area contributed by atoms with E-state index < -0.39 is 0 Å². The highest BCUT2D eigenvalue weighted by Gasteiger charge is 2.18. The van der Waals surface area contributed by atoms with Gasteiger partial charge in [0.05, 0.1) is 6.04 Å². The third-order valence-electron chi connectivity index (χ3n) is 1.46. The fourth-order valence-electron chi connectivity index (χ4n) is 0.713. The summed E-state index contributed by atoms with van der Waals surface area (Å²) in [7, 11) is 1.87. The van der Waals surface area contributed by atoms with Gasteiger partial charge in [0.25, 0.3) is 0 Å². The Hall–Kier alpha value is -0.610. The number of hydrogen-bond acceptors (Lipinski definition) is 4. The summed E-state index contributed by atoms with van der Waals surface area (Å²) in [4.78, 5) is 9.24. The zero-order chi connectivity index (χ0) is 7.56. The van der Waals surface area contributed by atoms with E-state index in [0.717, 1.165) is 5.90 Å². The van der Waals surface area contributed by atoms with Gasteiger partial charge in [-0.25, -0.2) is 4.99 Å². The molecule has 1 unspecified atom stereocenters. The molecule has 0 aromatic heterocycles. The highest BCUT2D eigenvalue weighted by molar-refractivity contribution is 5.82. The van der Waals surface area contributed by atoms with Gasteiger partial charge in [-0.2, -0.15) is 0 Å². The van der Waals surface area contributed by atoms with Crippen molar-refractivity contribution in [1.29, 1.82) is 0 Å². The van der Waals surface area contributed by atoms with Crippen molar-refractivity contribution in [3.05, 3.63) is 0 Å². The monoisotopic (exact) mass is 143 g/mol. The molecule has 58 valence electrons. The number of likely N-dealkylation sites (N-methyl/N-ethyl adjacent to an activating group) is 1. The van der Waals surface area contributed by atoms with Gasteiger partial charge in [0.1, 0.15) is 6.17 Å². The van der Waals surface area contributed by atoms with Crippen LogP contribution in [0.4, 0.5) is 0 Å². The zero-order valence-corrected chi connectivity index (χ0v) is 6.51. The van der Waals surface area contributed by atoms with Gasteiger partial charge in [-0.15, -0.1) is 5.48 Å². The lowest BCUT2D eigenvalue weighted by molar-refractivity contribution is 0.177. The second-order valence-corrected chi connectivity index (χ2v) is 2.37. The second-order valence-electron chi connectivity index (χ2n) is 2.37. The van der Waals surface area contributed by atoms with Gasteiger partial charge in [-0.3, -0.25) is 0 Å². The van der Waals surface area contributed by atoms with E-state index in [1.165, 1.54) is 0 Å². The molecule has 1 rings (SSSR count). The van der Waals surface area contributed by atoms with Crippen molar-refractivity contribution in [2.45, 2.75) is 26.1 Å². The Kier molecular flexibility index (Phi) is 2.24. The Labute approximate surface area is 60.6 Å². The fraction of sp³-hybridized carbons (Fsp3) is 0.833. The lowest BCUT2D eigenvalue weighted by Gasteiger charge is -2.07. The number of hydroxylamine groups is 1. The van der Waals surface area contributed by atoms with Crippen LogP contribution >= 0.6 is 0 Å². The van der Waals surface area contributed by atoms with Crippen molar-refractivity contribution in [3.63, 3.8) is 0 Å². The summed E-state index contributed by atoms with van der Waals surface area (Å²) >= 11 is 0. The Morgan fingerprint density at radius 1 is 1.80 bits per heavy atom. The van der Waals surface area contributed by atoms with Crippen LogP contribution in [0.5, 0.6) is 0 Å². The predicted molar refractivity (Wildman–Crippen MR) is 39.6 cm³/mol. The van der Waals surface area contributed by atoms with E-state index in [9.17, 15) is 0 Å². The van der Waals surface area contributed by atoms with Gasteiger partial charge in [0.2, 0.25) is 5.90 Å². The maximum atomic E-state index is 5.06. The summed E-state index contributed by atoms with van der Waals surface area (Å²) in [6.07, 6.45) is 0.0887. The molecule has 0 amide bonds. The van der Waals surface area contributed by atoms with Crippen LogP contribution in [0.1, 0.15) is 13.8 Å². The molecule has 0 spiro atoms. The Bertz CT molecular complexity index is 146. The standard InChI is InChI=1S/C6H13N3O/c1-4(7-3)6-8-5(2)9-10-6/h4-5,7,9H,1-3H3/t4-,5?/m1/s1. The van der Waals surface area contributed by atoms with E-state index in [2.05, 4.69) is 15.8 Å². The molecule has 0 saturated heterocycles. The van der Waals surface area contributed by atoms with Gasteiger partial charge in [-0.1, -0.05) is 0 Å². The van der Waals surface area contributed by atoms with Crippen molar-refractivity contribution in [3.8, 4) is 0 Å². The van der Waals surface area contributed by atoms with Crippen molar-refractivity contribution in [1.82, 2.24) is 10.8 Å².